The first-order chi connectivity index (χ1) is 20.6. The first-order valence-corrected chi connectivity index (χ1v) is 30.1. The fourth-order valence-corrected chi connectivity index (χ4v) is 43.1. The molecule has 6 rings (SSSR count). The molecule has 0 nitrogen and oxygen atoms in total. The van der Waals surface area contributed by atoms with E-state index >= 15 is 0 Å². The number of allylic oxidation sites excluding steroid dienone is 10. The molecule has 3 unspecified atom stereocenters. The largest absolute Gasteiger partial charge is 0.147 e. The van der Waals surface area contributed by atoms with Crippen molar-refractivity contribution in [2.75, 3.05) is 0 Å². The second-order valence-corrected chi connectivity index (χ2v) is 43.8. The molecule has 0 amide bonds. The maximum Gasteiger partial charge on any atom is -0.147 e. The van der Waals surface area contributed by atoms with Gasteiger partial charge in [-0.2, -0.15) is 0 Å². The number of unbranched alkanes of at least 4 members (excludes halogenated alkanes) is 2. The molecule has 0 N–H and O–H groups in total. The average molecular weight is 759 g/mol. The van der Waals surface area contributed by atoms with E-state index in [-0.39, 0.29) is 49.6 Å². The van der Waals surface area contributed by atoms with Crippen molar-refractivity contribution >= 4 is 37.3 Å². The van der Waals surface area contributed by atoms with Gasteiger partial charge < -0.3 is 0 Å². The van der Waals surface area contributed by atoms with Gasteiger partial charge in [-0.15, -0.1) is 24.8 Å². The smallest absolute Gasteiger partial charge is 0.147 e. The monoisotopic (exact) mass is 756 g/mol. The van der Waals surface area contributed by atoms with Crippen LogP contribution in [-0.4, -0.2) is 6.88 Å². The maximum atomic E-state index is 2.93. The van der Waals surface area contributed by atoms with Crippen molar-refractivity contribution in [1.29, 1.82) is 0 Å². The van der Waals surface area contributed by atoms with Gasteiger partial charge in [-0.3, -0.25) is 0 Å². The van der Waals surface area contributed by atoms with Crippen LogP contribution in [0.4, 0.5) is 0 Å². The summed E-state index contributed by atoms with van der Waals surface area (Å²) in [7, 11) is 0. The molecule has 1 aromatic carbocycles. The van der Waals surface area contributed by atoms with E-state index in [1.807, 2.05) is 8.85 Å². The number of benzene rings is 1. The number of fused-ring (bicyclic) bond motifs is 6. The number of hydrogen-bond donors (Lipinski definition) is 0. The Morgan fingerprint density at radius 1 is 0.826 bits per heavy atom. The van der Waals surface area contributed by atoms with Gasteiger partial charge in [0.05, 0.1) is 0 Å². The molecule has 46 heavy (non-hydrogen) atoms. The van der Waals surface area contributed by atoms with Gasteiger partial charge in [0.1, 0.15) is 0 Å². The van der Waals surface area contributed by atoms with Crippen LogP contribution in [0, 0.1) is 27.6 Å². The van der Waals surface area contributed by atoms with Crippen molar-refractivity contribution in [3.8, 4) is 0 Å². The molecule has 0 aromatic heterocycles. The summed E-state index contributed by atoms with van der Waals surface area (Å²) in [4.78, 5) is 0. The van der Waals surface area contributed by atoms with Gasteiger partial charge in [-0.05, 0) is 0 Å². The van der Waals surface area contributed by atoms with Crippen LogP contribution in [0.3, 0.4) is 0 Å². The second-order valence-electron chi connectivity index (χ2n) is 17.7. The Bertz CT molecular complexity index is 1600. The predicted octanol–water partition coefficient (Wildman–Crippen LogP) is 12.9. The van der Waals surface area contributed by atoms with E-state index in [9.17, 15) is 0 Å². The van der Waals surface area contributed by atoms with Gasteiger partial charge in [-0.1, -0.05) is 0 Å². The molecule has 3 atom stereocenters. The van der Waals surface area contributed by atoms with Crippen LogP contribution in [-0.2, 0) is 23.8 Å². The normalized spacial score (nSPS) is 30.1. The molecule has 5 aliphatic rings. The van der Waals surface area contributed by atoms with E-state index < -0.39 is 17.4 Å². The van der Waals surface area contributed by atoms with Crippen molar-refractivity contribution < 1.29 is 17.4 Å². The van der Waals surface area contributed by atoms with Crippen LogP contribution in [0.15, 0.2) is 74.6 Å². The zero-order chi connectivity index (χ0) is 32.0. The molecule has 4 heteroatoms. The molecule has 5 aliphatic carbocycles. The van der Waals surface area contributed by atoms with Crippen LogP contribution in [0.1, 0.15) is 125 Å². The summed E-state index contributed by atoms with van der Waals surface area (Å²) in [6.45, 7) is 29.7. The van der Waals surface area contributed by atoms with Crippen molar-refractivity contribution in [2.24, 2.45) is 27.6 Å². The summed E-state index contributed by atoms with van der Waals surface area (Å²) in [5.74, 6) is 0.570. The Morgan fingerprint density at radius 2 is 1.46 bits per heavy atom. The minimum absolute atomic E-state index is 0. The van der Waals surface area contributed by atoms with Gasteiger partial charge in [-0.25, -0.2) is 0 Å². The molecule has 254 valence electrons. The molecule has 0 heterocycles. The Hall–Kier alpha value is -0.400. The Kier molecular flexibility index (Phi) is 10.4. The molecular formula is C42H64Cl2SiZr. The van der Waals surface area contributed by atoms with Crippen LogP contribution in [0.25, 0.3) is 5.57 Å². The van der Waals surface area contributed by atoms with Gasteiger partial charge in [0, 0.05) is 0 Å². The van der Waals surface area contributed by atoms with E-state index in [0.29, 0.717) is 5.92 Å². The van der Waals surface area contributed by atoms with Crippen LogP contribution >= 0.6 is 24.8 Å². The standard InChI is InChI=1S/C29H37.C5H5.2C4H9.2ClH.H2Si.Zr/c1-18-25-22-17-19-13-9-10-14-20(19)24(22)21-15-11-12-16-23(21)29(25,8)28(6,7)27(4,5)26(18,2)3;1-2-4-5-3-1;2*1-3-4-2;;;;/h9-11,13-15,23H,12,16-17H2,1-8H3;1-3H,4H2;2*1,3-4H2,2H3;2*1H;1H2;. The minimum Gasteiger partial charge on any atom is -0.147 e. The molecule has 0 spiro atoms. The van der Waals surface area contributed by atoms with Crippen molar-refractivity contribution in [3.05, 3.63) is 85.8 Å². The second kappa shape index (κ2) is 12.4. The topological polar surface area (TPSA) is 0 Å². The molecular weight excluding hydrogens is 695 g/mol. The third-order valence-corrected chi connectivity index (χ3v) is 48.8. The molecule has 0 bridgehead atoms. The van der Waals surface area contributed by atoms with Crippen molar-refractivity contribution in [3.63, 3.8) is 0 Å². The molecule has 1 fully saturated rings. The summed E-state index contributed by atoms with van der Waals surface area (Å²) in [6, 6.07) is 9.51. The third kappa shape index (κ3) is 4.37. The van der Waals surface area contributed by atoms with E-state index in [2.05, 4.69) is 131 Å². The van der Waals surface area contributed by atoms with E-state index in [1.54, 1.807) is 27.8 Å². The fraction of sp³-hybridized carbons (Fsp3) is 0.619. The molecule has 1 aromatic rings. The van der Waals surface area contributed by atoms with Gasteiger partial charge in [0.15, 0.2) is 0 Å². The van der Waals surface area contributed by atoms with Crippen LogP contribution in [0.5, 0.6) is 0 Å². The van der Waals surface area contributed by atoms with Gasteiger partial charge in [0.25, 0.3) is 0 Å². The van der Waals surface area contributed by atoms with E-state index in [1.165, 1.54) is 53.2 Å². The Labute approximate surface area is 297 Å². The Balaban J connectivity index is 0.00000240. The van der Waals surface area contributed by atoms with Gasteiger partial charge in [0.2, 0.25) is 0 Å². The first-order valence-electron chi connectivity index (χ1n) is 18.2. The van der Waals surface area contributed by atoms with Crippen LogP contribution < -0.4 is 0 Å². The predicted molar refractivity (Wildman–Crippen MR) is 208 cm³/mol. The summed E-state index contributed by atoms with van der Waals surface area (Å²) in [5, 5.41) is 0. The SMILES string of the molecule is CCC[CH2][Zr](=[SiH2])([CH2]CCC)([C]1=CC=CC1)[C]1(C)C2=C3Cc4ccccc4C3=C3C=CCCC3C2(C)C(C)(C)C(C)(C)C1(C)C.Cl.Cl. The average Bonchev–Trinajstić information content (AvgIpc) is 3.68. The minimum atomic E-state index is -3.94. The summed E-state index contributed by atoms with van der Waals surface area (Å²) < 4.78 is 5.06. The summed E-state index contributed by atoms with van der Waals surface area (Å²) in [6.07, 6.45) is 22.9. The molecule has 1 saturated carbocycles. The molecule has 0 aliphatic heterocycles. The molecule has 0 saturated heterocycles. The van der Waals surface area contributed by atoms with E-state index in [4.69, 9.17) is 0 Å². The zero-order valence-corrected chi connectivity index (χ0v) is 36.4. The van der Waals surface area contributed by atoms with Crippen molar-refractivity contribution in [2.45, 2.75) is 132 Å². The quantitative estimate of drug-likeness (QED) is 0.232. The van der Waals surface area contributed by atoms with E-state index in [0.717, 1.165) is 6.42 Å². The number of halogens is 2. The third-order valence-electron chi connectivity index (χ3n) is 16.4. The zero-order valence-electron chi connectivity index (χ0n) is 30.9. The number of rotatable bonds is 8. The van der Waals surface area contributed by atoms with Crippen LogP contribution in [0.2, 0.25) is 11.4 Å². The molecule has 0 radical (unpaired) electrons. The number of hydrogen-bond acceptors (Lipinski definition) is 0. The van der Waals surface area contributed by atoms with Gasteiger partial charge >= 0.3 is 275 Å². The first kappa shape index (κ1) is 38.4. The summed E-state index contributed by atoms with van der Waals surface area (Å²) >= 11 is -3.94. The Morgan fingerprint density at radius 3 is 2.04 bits per heavy atom. The summed E-state index contributed by atoms with van der Waals surface area (Å²) in [5.41, 5.74) is 10.7. The maximum absolute atomic E-state index is 3.94. The van der Waals surface area contributed by atoms with Crippen molar-refractivity contribution in [1.82, 2.24) is 0 Å². The fourth-order valence-electron chi connectivity index (χ4n) is 12.5.